The number of carbonyl (C=O) groups excluding carboxylic acids is 2. The highest BCUT2D eigenvalue weighted by Gasteiger charge is 2.13. The van der Waals surface area contributed by atoms with Crippen molar-refractivity contribution in [1.82, 2.24) is 0 Å². The van der Waals surface area contributed by atoms with Crippen molar-refractivity contribution < 1.29 is 19.1 Å². The van der Waals surface area contributed by atoms with E-state index >= 15 is 0 Å². The summed E-state index contributed by atoms with van der Waals surface area (Å²) < 4.78 is 9.10. The van der Waals surface area contributed by atoms with E-state index in [4.69, 9.17) is 0 Å². The van der Waals surface area contributed by atoms with Gasteiger partial charge in [-0.2, -0.15) is 0 Å². The molecule has 0 bridgehead atoms. The molecule has 0 atom stereocenters. The standard InChI is InChI=1S/C17H16O4S/c1-2-20-17(19)21-16(18)14-10-8-13(9-11-14)12-22-15-6-4-3-5-7-15/h3-11H,2,12H2,1H3. The molecule has 0 aromatic heterocycles. The number of benzene rings is 2. The number of hydrogen-bond acceptors (Lipinski definition) is 5. The van der Waals surface area contributed by atoms with Crippen LogP contribution in [0.3, 0.4) is 0 Å². The number of ether oxygens (including phenoxy) is 2. The molecule has 0 N–H and O–H groups in total. The third-order valence-corrected chi connectivity index (χ3v) is 3.86. The molecule has 2 aromatic rings. The largest absolute Gasteiger partial charge is 0.516 e. The van der Waals surface area contributed by atoms with Gasteiger partial charge in [0.1, 0.15) is 0 Å². The van der Waals surface area contributed by atoms with Crippen molar-refractivity contribution in [3.05, 3.63) is 65.7 Å². The van der Waals surface area contributed by atoms with Gasteiger partial charge in [0, 0.05) is 10.6 Å². The van der Waals surface area contributed by atoms with Crippen molar-refractivity contribution in [2.75, 3.05) is 6.61 Å². The van der Waals surface area contributed by atoms with Crippen LogP contribution in [-0.4, -0.2) is 18.7 Å². The summed E-state index contributed by atoms with van der Waals surface area (Å²) in [6.07, 6.45) is -0.976. The van der Waals surface area contributed by atoms with Gasteiger partial charge >= 0.3 is 12.1 Å². The zero-order valence-corrected chi connectivity index (χ0v) is 13.0. The number of rotatable bonds is 5. The van der Waals surface area contributed by atoms with E-state index in [1.807, 2.05) is 30.3 Å². The van der Waals surface area contributed by atoms with Crippen LogP contribution in [0.2, 0.25) is 0 Å². The molecule has 5 heteroatoms. The van der Waals surface area contributed by atoms with E-state index < -0.39 is 12.1 Å². The van der Waals surface area contributed by atoms with Gasteiger partial charge in [0.2, 0.25) is 0 Å². The van der Waals surface area contributed by atoms with Gasteiger partial charge in [0.25, 0.3) is 0 Å². The van der Waals surface area contributed by atoms with E-state index in [9.17, 15) is 9.59 Å². The fraction of sp³-hybridized carbons (Fsp3) is 0.176. The first-order valence-corrected chi connectivity index (χ1v) is 7.83. The number of hydrogen-bond donors (Lipinski definition) is 0. The minimum absolute atomic E-state index is 0.168. The summed E-state index contributed by atoms with van der Waals surface area (Å²) in [5, 5.41) is 0. The van der Waals surface area contributed by atoms with Crippen LogP contribution in [0, 0.1) is 0 Å². The third-order valence-electron chi connectivity index (χ3n) is 2.78. The van der Waals surface area contributed by atoms with Crippen molar-refractivity contribution in [1.29, 1.82) is 0 Å². The van der Waals surface area contributed by atoms with E-state index in [2.05, 4.69) is 21.6 Å². The molecule has 2 rings (SSSR count). The quantitative estimate of drug-likeness (QED) is 0.468. The van der Waals surface area contributed by atoms with Gasteiger partial charge < -0.3 is 9.47 Å². The molecule has 0 aliphatic heterocycles. The second-order valence-corrected chi connectivity index (χ2v) is 5.42. The summed E-state index contributed by atoms with van der Waals surface area (Å²) in [6, 6.07) is 17.0. The maximum absolute atomic E-state index is 11.7. The van der Waals surface area contributed by atoms with Gasteiger partial charge in [-0.05, 0) is 36.8 Å². The number of thioether (sulfide) groups is 1. The fourth-order valence-corrected chi connectivity index (χ4v) is 2.58. The predicted molar refractivity (Wildman–Crippen MR) is 84.9 cm³/mol. The molecule has 0 fully saturated rings. The zero-order chi connectivity index (χ0) is 15.8. The molecule has 0 saturated heterocycles. The Balaban J connectivity index is 1.90. The number of carbonyl (C=O) groups is 2. The molecule has 0 unspecified atom stereocenters. The van der Waals surface area contributed by atoms with E-state index in [-0.39, 0.29) is 6.61 Å². The molecule has 0 amide bonds. The summed E-state index contributed by atoms with van der Waals surface area (Å²) in [4.78, 5) is 24.0. The van der Waals surface area contributed by atoms with E-state index in [1.54, 1.807) is 30.8 Å². The summed E-state index contributed by atoms with van der Waals surface area (Å²) in [6.45, 7) is 1.81. The lowest BCUT2D eigenvalue weighted by atomic mass is 10.1. The Labute approximate surface area is 133 Å². The third kappa shape index (κ3) is 4.93. The smallest absolute Gasteiger partial charge is 0.434 e. The van der Waals surface area contributed by atoms with E-state index in [0.29, 0.717) is 5.56 Å². The van der Waals surface area contributed by atoms with Gasteiger partial charge in [-0.15, -0.1) is 11.8 Å². The van der Waals surface area contributed by atoms with Gasteiger partial charge in [-0.1, -0.05) is 30.3 Å². The lowest BCUT2D eigenvalue weighted by Gasteiger charge is -2.05. The first-order chi connectivity index (χ1) is 10.7. The van der Waals surface area contributed by atoms with Gasteiger partial charge in [0.15, 0.2) is 0 Å². The van der Waals surface area contributed by atoms with Crippen LogP contribution in [0.15, 0.2) is 59.5 Å². The Kier molecular flexibility index (Phi) is 6.03. The second-order valence-electron chi connectivity index (χ2n) is 4.37. The normalized spacial score (nSPS) is 10.0. The molecule has 0 aliphatic carbocycles. The minimum Gasteiger partial charge on any atom is -0.434 e. The highest BCUT2D eigenvalue weighted by molar-refractivity contribution is 7.98. The summed E-state index contributed by atoms with van der Waals surface area (Å²) in [5.41, 5.74) is 1.41. The lowest BCUT2D eigenvalue weighted by molar-refractivity contribution is 0.0401. The Bertz CT molecular complexity index is 623. The Hall–Kier alpha value is -2.27. The second kappa shape index (κ2) is 8.24. The lowest BCUT2D eigenvalue weighted by Crippen LogP contribution is -2.13. The molecule has 0 heterocycles. The van der Waals surface area contributed by atoms with Gasteiger partial charge in [-0.25, -0.2) is 9.59 Å². The zero-order valence-electron chi connectivity index (χ0n) is 12.2. The molecule has 4 nitrogen and oxygen atoms in total. The Morgan fingerprint density at radius 2 is 1.68 bits per heavy atom. The monoisotopic (exact) mass is 316 g/mol. The van der Waals surface area contributed by atoms with Crippen molar-refractivity contribution in [2.24, 2.45) is 0 Å². The van der Waals surface area contributed by atoms with Crippen LogP contribution in [0.4, 0.5) is 4.79 Å². The van der Waals surface area contributed by atoms with Crippen LogP contribution in [0.25, 0.3) is 0 Å². The van der Waals surface area contributed by atoms with E-state index in [0.717, 1.165) is 11.3 Å². The fourth-order valence-electron chi connectivity index (χ4n) is 1.70. The number of esters is 1. The van der Waals surface area contributed by atoms with Crippen LogP contribution < -0.4 is 0 Å². The minimum atomic E-state index is -0.976. The molecule has 22 heavy (non-hydrogen) atoms. The summed E-state index contributed by atoms with van der Waals surface area (Å²) in [5.74, 6) is 0.0951. The van der Waals surface area contributed by atoms with Crippen molar-refractivity contribution in [2.45, 2.75) is 17.6 Å². The molecule has 0 spiro atoms. The molecular formula is C17H16O4S. The molecule has 0 radical (unpaired) electrons. The molecule has 114 valence electrons. The predicted octanol–water partition coefficient (Wildman–Crippen LogP) is 4.29. The van der Waals surface area contributed by atoms with Crippen molar-refractivity contribution >= 4 is 23.9 Å². The highest BCUT2D eigenvalue weighted by atomic mass is 32.2. The first-order valence-electron chi connectivity index (χ1n) is 6.84. The molecule has 2 aromatic carbocycles. The molecular weight excluding hydrogens is 300 g/mol. The van der Waals surface area contributed by atoms with Crippen LogP contribution in [0.5, 0.6) is 0 Å². The first kappa shape index (κ1) is 16.1. The summed E-state index contributed by atoms with van der Waals surface area (Å²) >= 11 is 1.71. The maximum Gasteiger partial charge on any atom is 0.516 e. The average Bonchev–Trinajstić information content (AvgIpc) is 2.54. The average molecular weight is 316 g/mol. The maximum atomic E-state index is 11.7. The highest BCUT2D eigenvalue weighted by Crippen LogP contribution is 2.22. The molecule has 0 saturated carbocycles. The Morgan fingerprint density at radius 3 is 2.32 bits per heavy atom. The van der Waals surface area contributed by atoms with Crippen LogP contribution in [0.1, 0.15) is 22.8 Å². The van der Waals surface area contributed by atoms with E-state index in [1.165, 1.54) is 4.90 Å². The van der Waals surface area contributed by atoms with Gasteiger partial charge in [0.05, 0.1) is 12.2 Å². The topological polar surface area (TPSA) is 52.6 Å². The van der Waals surface area contributed by atoms with Crippen molar-refractivity contribution in [3.63, 3.8) is 0 Å². The van der Waals surface area contributed by atoms with Crippen LogP contribution >= 0.6 is 11.8 Å². The SMILES string of the molecule is CCOC(=O)OC(=O)c1ccc(CSc2ccccc2)cc1. The molecule has 0 aliphatic rings. The summed E-state index contributed by atoms with van der Waals surface area (Å²) in [7, 11) is 0. The van der Waals surface area contributed by atoms with Crippen molar-refractivity contribution in [3.8, 4) is 0 Å². The Morgan fingerprint density at radius 1 is 1.00 bits per heavy atom. The van der Waals surface area contributed by atoms with Crippen LogP contribution in [-0.2, 0) is 15.2 Å². The van der Waals surface area contributed by atoms with Gasteiger partial charge in [-0.3, -0.25) is 0 Å².